The summed E-state index contributed by atoms with van der Waals surface area (Å²) in [6.45, 7) is 2.46. The van der Waals surface area contributed by atoms with Gasteiger partial charge in [0.2, 0.25) is 0 Å². The molecule has 1 aromatic rings. The summed E-state index contributed by atoms with van der Waals surface area (Å²) < 4.78 is 61.3. The minimum atomic E-state index is -5.27. The molecule has 1 aliphatic heterocycles. The zero-order valence-electron chi connectivity index (χ0n) is 15.2. The first-order valence-corrected chi connectivity index (χ1v) is 10.3. The summed E-state index contributed by atoms with van der Waals surface area (Å²) in [7, 11) is -5.27. The fourth-order valence-corrected chi connectivity index (χ4v) is 3.87. The minimum Gasteiger partial charge on any atom is -0.357 e. The molecule has 1 fully saturated rings. The first-order valence-electron chi connectivity index (χ1n) is 8.49. The third-order valence-electron chi connectivity index (χ3n) is 4.14. The van der Waals surface area contributed by atoms with Crippen LogP contribution in [0.25, 0.3) is 0 Å². The highest BCUT2D eigenvalue weighted by Gasteiger charge is 2.50. The van der Waals surface area contributed by atoms with Crippen LogP contribution in [0.4, 0.5) is 13.2 Å². The second-order valence-electron chi connectivity index (χ2n) is 6.06. The van der Waals surface area contributed by atoms with E-state index in [2.05, 4.69) is 15.6 Å². The van der Waals surface area contributed by atoms with E-state index in [1.807, 2.05) is 25.1 Å². The molecule has 6 nitrogen and oxygen atoms in total. The average molecular weight is 555 g/mol. The number of sulfonamides is 1. The largest absolute Gasteiger partial charge is 0.511 e. The Bertz CT molecular complexity index is 769. The Morgan fingerprint density at radius 3 is 2.43 bits per heavy atom. The maximum Gasteiger partial charge on any atom is 0.511 e. The number of hydrogen-bond donors (Lipinski definition) is 2. The lowest BCUT2D eigenvalue weighted by atomic mass is 10.1. The molecule has 2 N–H and O–H groups in total. The van der Waals surface area contributed by atoms with Crippen molar-refractivity contribution in [2.75, 3.05) is 19.6 Å². The van der Waals surface area contributed by atoms with E-state index in [1.165, 1.54) is 0 Å². The number of hydrogen-bond acceptors (Lipinski definition) is 3. The second-order valence-corrected chi connectivity index (χ2v) is 8.39. The lowest BCUT2D eigenvalue weighted by Crippen LogP contribution is -2.51. The van der Waals surface area contributed by atoms with E-state index < -0.39 is 15.5 Å². The molecule has 0 saturated carbocycles. The van der Waals surface area contributed by atoms with E-state index in [0.717, 1.165) is 5.56 Å². The number of guanidine groups is 1. The molecule has 1 aliphatic rings. The second kappa shape index (κ2) is 10.8. The Balaban J connectivity index is 0.00000392. The number of nitrogens with one attached hydrogen (secondary N) is 2. The molecule has 28 heavy (non-hydrogen) atoms. The summed E-state index contributed by atoms with van der Waals surface area (Å²) in [5.41, 5.74) is -4.42. The summed E-state index contributed by atoms with van der Waals surface area (Å²) in [5, 5.41) is 6.82. The van der Waals surface area contributed by atoms with Crippen molar-refractivity contribution in [3.05, 3.63) is 34.9 Å². The zero-order valence-corrected chi connectivity index (χ0v) is 19.1. The number of benzene rings is 1. The van der Waals surface area contributed by atoms with Gasteiger partial charge in [0.1, 0.15) is 0 Å². The average Bonchev–Trinajstić information content (AvgIpc) is 2.60. The molecule has 0 spiro atoms. The fraction of sp³-hybridized carbons (Fsp3) is 0.562. The SMILES string of the molecule is CCNC(=NCc1ccccc1Cl)NC1CCN(S(=O)(=O)C(F)(F)F)CC1.I. The summed E-state index contributed by atoms with van der Waals surface area (Å²) in [6, 6.07) is 7.13. The molecule has 160 valence electrons. The molecule has 0 aliphatic carbocycles. The number of halogens is 5. The van der Waals surface area contributed by atoms with E-state index in [1.54, 1.807) is 6.07 Å². The molecule has 0 radical (unpaired) electrons. The third-order valence-corrected chi connectivity index (χ3v) is 6.14. The van der Waals surface area contributed by atoms with E-state index in [4.69, 9.17) is 11.6 Å². The van der Waals surface area contributed by atoms with Crippen molar-refractivity contribution in [2.45, 2.75) is 37.9 Å². The highest BCUT2D eigenvalue weighted by molar-refractivity contribution is 14.0. The van der Waals surface area contributed by atoms with Crippen LogP contribution in [0.2, 0.25) is 5.02 Å². The van der Waals surface area contributed by atoms with Gasteiger partial charge in [-0.25, -0.2) is 13.4 Å². The molecule has 1 saturated heterocycles. The van der Waals surface area contributed by atoms with Crippen LogP contribution in [0.3, 0.4) is 0 Å². The molecule has 0 unspecified atom stereocenters. The fourth-order valence-electron chi connectivity index (χ4n) is 2.69. The smallest absolute Gasteiger partial charge is 0.357 e. The molecule has 0 bridgehead atoms. The van der Waals surface area contributed by atoms with Crippen LogP contribution in [-0.4, -0.2) is 49.9 Å². The molecule has 12 heteroatoms. The van der Waals surface area contributed by atoms with Crippen molar-refractivity contribution in [3.8, 4) is 0 Å². The van der Waals surface area contributed by atoms with Gasteiger partial charge in [-0.2, -0.15) is 17.5 Å². The molecule has 0 atom stereocenters. The van der Waals surface area contributed by atoms with Gasteiger partial charge in [0.15, 0.2) is 5.96 Å². The van der Waals surface area contributed by atoms with E-state index in [9.17, 15) is 21.6 Å². The van der Waals surface area contributed by atoms with Crippen molar-refractivity contribution in [2.24, 2.45) is 4.99 Å². The molecule has 0 amide bonds. The Kier molecular flexibility index (Phi) is 9.77. The van der Waals surface area contributed by atoms with Gasteiger partial charge in [-0.05, 0) is 31.4 Å². The first kappa shape index (κ1) is 25.2. The Morgan fingerprint density at radius 2 is 1.89 bits per heavy atom. The number of piperidine rings is 1. The van der Waals surface area contributed by atoms with Crippen molar-refractivity contribution in [1.29, 1.82) is 0 Å². The third kappa shape index (κ3) is 6.63. The van der Waals surface area contributed by atoms with E-state index in [-0.39, 0.29) is 55.9 Å². The molecular formula is C16H23ClF3IN4O2S. The summed E-state index contributed by atoms with van der Waals surface area (Å²) in [5.74, 6) is 0.509. The van der Waals surface area contributed by atoms with Crippen LogP contribution < -0.4 is 10.6 Å². The maximum atomic E-state index is 12.6. The number of alkyl halides is 3. The number of rotatable bonds is 5. The van der Waals surface area contributed by atoms with E-state index >= 15 is 0 Å². The van der Waals surface area contributed by atoms with Gasteiger partial charge in [0, 0.05) is 30.7 Å². The van der Waals surface area contributed by atoms with Crippen LogP contribution in [0.15, 0.2) is 29.3 Å². The van der Waals surface area contributed by atoms with E-state index in [0.29, 0.717) is 28.4 Å². The lowest BCUT2D eigenvalue weighted by molar-refractivity contribution is -0.0494. The maximum absolute atomic E-state index is 12.6. The van der Waals surface area contributed by atoms with Gasteiger partial charge in [0.25, 0.3) is 0 Å². The topological polar surface area (TPSA) is 73.8 Å². The standard InChI is InChI=1S/C16H22ClF3N4O2S.HI/c1-2-21-15(22-11-12-5-3-4-6-14(12)17)23-13-7-9-24(10-8-13)27(25,26)16(18,19)20;/h3-6,13H,2,7-11H2,1H3,(H2,21,22,23);1H. The Morgan fingerprint density at radius 1 is 1.29 bits per heavy atom. The monoisotopic (exact) mass is 554 g/mol. The van der Waals surface area contributed by atoms with Gasteiger partial charge in [-0.3, -0.25) is 0 Å². The Hall–Kier alpha value is -0.790. The molecule has 0 aromatic heterocycles. The van der Waals surface area contributed by atoms with Crippen molar-refractivity contribution < 1.29 is 21.6 Å². The lowest BCUT2D eigenvalue weighted by Gasteiger charge is -2.32. The van der Waals surface area contributed by atoms with Crippen LogP contribution in [-0.2, 0) is 16.6 Å². The first-order chi connectivity index (χ1) is 12.6. The molecular weight excluding hydrogens is 532 g/mol. The van der Waals surface area contributed by atoms with Gasteiger partial charge in [-0.15, -0.1) is 24.0 Å². The minimum absolute atomic E-state index is 0. The molecule has 1 aromatic carbocycles. The van der Waals surface area contributed by atoms with Crippen molar-refractivity contribution >= 4 is 51.6 Å². The summed E-state index contributed by atoms with van der Waals surface area (Å²) in [6.07, 6.45) is 0.512. The quantitative estimate of drug-likeness (QED) is 0.333. The van der Waals surface area contributed by atoms with Crippen LogP contribution in [0, 0.1) is 0 Å². The normalized spacial score (nSPS) is 17.1. The van der Waals surface area contributed by atoms with Crippen molar-refractivity contribution in [1.82, 2.24) is 14.9 Å². The van der Waals surface area contributed by atoms with Gasteiger partial charge >= 0.3 is 15.5 Å². The highest BCUT2D eigenvalue weighted by atomic mass is 127. The van der Waals surface area contributed by atoms with Gasteiger partial charge in [-0.1, -0.05) is 29.8 Å². The van der Waals surface area contributed by atoms with Crippen LogP contribution >= 0.6 is 35.6 Å². The highest BCUT2D eigenvalue weighted by Crippen LogP contribution is 2.28. The van der Waals surface area contributed by atoms with Gasteiger partial charge in [0.05, 0.1) is 6.54 Å². The van der Waals surface area contributed by atoms with Crippen LogP contribution in [0.1, 0.15) is 25.3 Å². The summed E-state index contributed by atoms with van der Waals surface area (Å²) >= 11 is 6.11. The zero-order chi connectivity index (χ0) is 20.1. The number of nitrogens with zero attached hydrogens (tertiary/aromatic N) is 2. The van der Waals surface area contributed by atoms with Crippen molar-refractivity contribution in [3.63, 3.8) is 0 Å². The predicted molar refractivity (Wildman–Crippen MR) is 114 cm³/mol. The number of aliphatic imine (C=N–C) groups is 1. The molecule has 1 heterocycles. The van der Waals surface area contributed by atoms with Crippen LogP contribution in [0.5, 0.6) is 0 Å². The van der Waals surface area contributed by atoms with Gasteiger partial charge < -0.3 is 10.6 Å². The Labute approximate surface area is 185 Å². The predicted octanol–water partition coefficient (Wildman–Crippen LogP) is 3.33. The summed E-state index contributed by atoms with van der Waals surface area (Å²) in [4.78, 5) is 4.44. The molecule has 2 rings (SSSR count).